The molecule has 8 heteroatoms. The maximum absolute atomic E-state index is 11.8. The average Bonchev–Trinajstić information content (AvgIpc) is 2.71. The van der Waals surface area contributed by atoms with Gasteiger partial charge in [0.2, 0.25) is 10.0 Å². The highest BCUT2D eigenvalue weighted by Gasteiger charge is 2.18. The van der Waals surface area contributed by atoms with Crippen molar-refractivity contribution in [1.82, 2.24) is 13.9 Å². The van der Waals surface area contributed by atoms with Crippen molar-refractivity contribution >= 4 is 27.0 Å². The van der Waals surface area contributed by atoms with Crippen LogP contribution in [0.2, 0.25) is 0 Å². The van der Waals surface area contributed by atoms with Crippen molar-refractivity contribution in [2.45, 2.75) is 13.5 Å². The Labute approximate surface area is 122 Å². The molecule has 1 heterocycles. The molecule has 0 aliphatic rings. The van der Waals surface area contributed by atoms with Crippen LogP contribution in [0.4, 0.5) is 0 Å². The number of carbonyl (C=O) groups is 1. The van der Waals surface area contributed by atoms with E-state index in [1.54, 1.807) is 23.6 Å². The zero-order valence-electron chi connectivity index (χ0n) is 12.1. The summed E-state index contributed by atoms with van der Waals surface area (Å²) in [4.78, 5) is 15.4. The van der Waals surface area contributed by atoms with Gasteiger partial charge in [0.1, 0.15) is 11.3 Å². The predicted molar refractivity (Wildman–Crippen MR) is 78.9 cm³/mol. The third-order valence-corrected chi connectivity index (χ3v) is 5.14. The fraction of sp³-hybridized carbons (Fsp3) is 0.385. The number of carboxylic acids is 1. The second kappa shape index (κ2) is 5.45. The highest BCUT2D eigenvalue weighted by Crippen LogP contribution is 2.20. The Bertz CT molecular complexity index is 793. The summed E-state index contributed by atoms with van der Waals surface area (Å²) in [6, 6.07) is 4.85. The number of rotatable bonds is 5. The van der Waals surface area contributed by atoms with Crippen LogP contribution in [0, 0.1) is 6.92 Å². The molecule has 0 radical (unpaired) electrons. The Hall–Kier alpha value is -1.93. The van der Waals surface area contributed by atoms with Crippen molar-refractivity contribution in [2.75, 3.05) is 19.8 Å². The van der Waals surface area contributed by atoms with Gasteiger partial charge in [-0.05, 0) is 19.1 Å². The van der Waals surface area contributed by atoms with Crippen molar-refractivity contribution < 1.29 is 18.3 Å². The Balaban J connectivity index is 2.44. The van der Waals surface area contributed by atoms with Gasteiger partial charge in [-0.2, -0.15) is 0 Å². The third kappa shape index (κ3) is 2.91. The van der Waals surface area contributed by atoms with E-state index in [1.807, 2.05) is 0 Å². The fourth-order valence-electron chi connectivity index (χ4n) is 2.11. The molecule has 0 unspecified atom stereocenters. The van der Waals surface area contributed by atoms with Crippen molar-refractivity contribution in [3.63, 3.8) is 0 Å². The number of benzene rings is 1. The third-order valence-electron chi connectivity index (χ3n) is 3.33. The number of imidazole rings is 1. The lowest BCUT2D eigenvalue weighted by Gasteiger charge is -2.12. The molecule has 0 fully saturated rings. The number of sulfonamides is 1. The predicted octanol–water partition coefficient (Wildman–Crippen LogP) is 0.934. The van der Waals surface area contributed by atoms with Crippen LogP contribution in [0.25, 0.3) is 11.0 Å². The van der Waals surface area contributed by atoms with Crippen molar-refractivity contribution in [2.24, 2.45) is 0 Å². The second-order valence-electron chi connectivity index (χ2n) is 4.89. The lowest BCUT2D eigenvalue weighted by atomic mass is 10.2. The molecule has 0 atom stereocenters. The van der Waals surface area contributed by atoms with Gasteiger partial charge in [0, 0.05) is 20.6 Å². The van der Waals surface area contributed by atoms with Gasteiger partial charge in [-0.15, -0.1) is 0 Å². The molecule has 21 heavy (non-hydrogen) atoms. The van der Waals surface area contributed by atoms with E-state index in [4.69, 9.17) is 5.11 Å². The molecule has 0 saturated heterocycles. The Morgan fingerprint density at radius 1 is 1.38 bits per heavy atom. The number of hydrogen-bond donors (Lipinski definition) is 1. The van der Waals surface area contributed by atoms with E-state index in [1.165, 1.54) is 24.5 Å². The maximum Gasteiger partial charge on any atom is 0.337 e. The van der Waals surface area contributed by atoms with E-state index in [2.05, 4.69) is 4.98 Å². The minimum Gasteiger partial charge on any atom is -0.478 e. The first-order chi connectivity index (χ1) is 9.74. The number of para-hydroxylation sites is 1. The van der Waals surface area contributed by atoms with Crippen LogP contribution in [0.1, 0.15) is 16.2 Å². The monoisotopic (exact) mass is 311 g/mol. The summed E-state index contributed by atoms with van der Waals surface area (Å²) in [7, 11) is -0.352. The first kappa shape index (κ1) is 15.5. The molecule has 0 saturated carbocycles. The van der Waals surface area contributed by atoms with Crippen LogP contribution in [-0.2, 0) is 16.6 Å². The zero-order chi connectivity index (χ0) is 15.8. The first-order valence-corrected chi connectivity index (χ1v) is 7.94. The van der Waals surface area contributed by atoms with Crippen LogP contribution in [-0.4, -0.2) is 53.2 Å². The van der Waals surface area contributed by atoms with E-state index in [9.17, 15) is 13.2 Å². The summed E-state index contributed by atoms with van der Waals surface area (Å²) in [6.07, 6.45) is 0. The number of fused-ring (bicyclic) bond motifs is 1. The number of hydrogen-bond acceptors (Lipinski definition) is 4. The van der Waals surface area contributed by atoms with Gasteiger partial charge in [0.05, 0.1) is 16.8 Å². The molecule has 0 spiro atoms. The molecule has 114 valence electrons. The molecule has 2 aromatic rings. The first-order valence-electron chi connectivity index (χ1n) is 6.33. The number of aromatic carboxylic acids is 1. The number of carboxylic acid groups (broad SMARTS) is 1. The van der Waals surface area contributed by atoms with Gasteiger partial charge in [0.25, 0.3) is 0 Å². The lowest BCUT2D eigenvalue weighted by molar-refractivity contribution is 0.0699. The minimum atomic E-state index is -3.32. The highest BCUT2D eigenvalue weighted by atomic mass is 32.2. The van der Waals surface area contributed by atoms with Gasteiger partial charge in [-0.25, -0.2) is 22.5 Å². The van der Waals surface area contributed by atoms with Gasteiger partial charge < -0.3 is 9.67 Å². The summed E-state index contributed by atoms with van der Waals surface area (Å²) >= 11 is 0. The standard InChI is InChI=1S/C13H17N3O4S/c1-9-14-12-10(13(17)18)5-4-6-11(12)16(9)7-8-21(19,20)15(2)3/h4-6H,7-8H2,1-3H3,(H,17,18). The molecule has 0 aliphatic heterocycles. The van der Waals surface area contributed by atoms with Crippen LogP contribution in [0.5, 0.6) is 0 Å². The van der Waals surface area contributed by atoms with Crippen molar-refractivity contribution in [3.05, 3.63) is 29.6 Å². The minimum absolute atomic E-state index is 0.0659. The van der Waals surface area contributed by atoms with Crippen molar-refractivity contribution in [1.29, 1.82) is 0 Å². The fourth-order valence-corrected chi connectivity index (χ4v) is 2.89. The topological polar surface area (TPSA) is 92.5 Å². The van der Waals surface area contributed by atoms with Gasteiger partial charge in [-0.1, -0.05) is 6.07 Å². The molecular formula is C13H17N3O4S. The molecule has 0 bridgehead atoms. The lowest BCUT2D eigenvalue weighted by Crippen LogP contribution is -2.27. The van der Waals surface area contributed by atoms with Crippen LogP contribution in [0.3, 0.4) is 0 Å². The largest absolute Gasteiger partial charge is 0.478 e. The summed E-state index contributed by atoms with van der Waals surface area (Å²) < 4.78 is 26.6. The molecule has 0 aliphatic carbocycles. The van der Waals surface area contributed by atoms with Gasteiger partial charge >= 0.3 is 5.97 Å². The van der Waals surface area contributed by atoms with Crippen LogP contribution in [0.15, 0.2) is 18.2 Å². The van der Waals surface area contributed by atoms with Gasteiger partial charge in [0.15, 0.2) is 0 Å². The summed E-state index contributed by atoms with van der Waals surface area (Å²) in [5, 5.41) is 9.16. The Morgan fingerprint density at radius 3 is 2.62 bits per heavy atom. The van der Waals surface area contributed by atoms with E-state index in [0.29, 0.717) is 16.9 Å². The maximum atomic E-state index is 11.8. The molecule has 7 nitrogen and oxygen atoms in total. The quantitative estimate of drug-likeness (QED) is 0.887. The summed E-state index contributed by atoms with van der Waals surface area (Å²) in [5.41, 5.74) is 1.12. The smallest absolute Gasteiger partial charge is 0.337 e. The van der Waals surface area contributed by atoms with Crippen LogP contribution < -0.4 is 0 Å². The van der Waals surface area contributed by atoms with E-state index >= 15 is 0 Å². The molecule has 1 aromatic carbocycles. The van der Waals surface area contributed by atoms with E-state index in [-0.39, 0.29) is 17.9 Å². The average molecular weight is 311 g/mol. The van der Waals surface area contributed by atoms with E-state index < -0.39 is 16.0 Å². The molecule has 0 amide bonds. The molecule has 1 aromatic heterocycles. The van der Waals surface area contributed by atoms with Crippen molar-refractivity contribution in [3.8, 4) is 0 Å². The van der Waals surface area contributed by atoms with Crippen LogP contribution >= 0.6 is 0 Å². The molecular weight excluding hydrogens is 294 g/mol. The highest BCUT2D eigenvalue weighted by molar-refractivity contribution is 7.89. The number of aryl methyl sites for hydroxylation is 2. The Kier molecular flexibility index (Phi) is 4.02. The normalized spacial score (nSPS) is 12.2. The molecule has 1 N–H and O–H groups in total. The number of nitrogens with zero attached hydrogens (tertiary/aromatic N) is 3. The summed E-state index contributed by atoms with van der Waals surface area (Å²) in [5.74, 6) is -0.525. The van der Waals surface area contributed by atoms with Gasteiger partial charge in [-0.3, -0.25) is 0 Å². The Morgan fingerprint density at radius 2 is 2.05 bits per heavy atom. The second-order valence-corrected chi connectivity index (χ2v) is 7.19. The number of aromatic nitrogens is 2. The van der Waals surface area contributed by atoms with E-state index in [0.717, 1.165) is 0 Å². The SMILES string of the molecule is Cc1nc2c(C(=O)O)cccc2n1CCS(=O)(=O)N(C)C. The zero-order valence-corrected chi connectivity index (χ0v) is 12.9. The summed E-state index contributed by atoms with van der Waals surface area (Å²) in [6.45, 7) is 1.96. The molecule has 2 rings (SSSR count).